The average Bonchev–Trinajstić information content (AvgIpc) is 2.64. The number of nitrogens with zero attached hydrogens (tertiary/aromatic N) is 1. The number of carbonyl (C=O) groups is 2. The van der Waals surface area contributed by atoms with Crippen LogP contribution in [0, 0.1) is 6.92 Å². The predicted molar refractivity (Wildman–Crippen MR) is 107 cm³/mol. The zero-order valence-electron chi connectivity index (χ0n) is 15.1. The van der Waals surface area contributed by atoms with Crippen molar-refractivity contribution < 1.29 is 9.59 Å². The second-order valence-corrected chi connectivity index (χ2v) is 6.14. The number of anilines is 4. The Morgan fingerprint density at radius 2 is 1.56 bits per heavy atom. The fourth-order valence-corrected chi connectivity index (χ4v) is 2.52. The van der Waals surface area contributed by atoms with Gasteiger partial charge in [-0.25, -0.2) is 4.98 Å². The summed E-state index contributed by atoms with van der Waals surface area (Å²) in [5, 5.41) is 8.72. The third-order valence-corrected chi connectivity index (χ3v) is 3.78. The Morgan fingerprint density at radius 1 is 0.852 bits per heavy atom. The first-order valence-corrected chi connectivity index (χ1v) is 8.48. The number of nitrogens with one attached hydrogen (secondary N) is 3. The van der Waals surface area contributed by atoms with Gasteiger partial charge in [-0.15, -0.1) is 0 Å². The number of rotatable bonds is 5. The fraction of sp³-hybridized carbons (Fsp3) is 0.0952. The van der Waals surface area contributed by atoms with Gasteiger partial charge in [0, 0.05) is 23.9 Å². The summed E-state index contributed by atoms with van der Waals surface area (Å²) in [4.78, 5) is 27.6. The van der Waals surface area contributed by atoms with Crippen molar-refractivity contribution in [2.45, 2.75) is 13.8 Å². The lowest BCUT2D eigenvalue weighted by Crippen LogP contribution is -2.12. The summed E-state index contributed by atoms with van der Waals surface area (Å²) >= 11 is 0. The highest BCUT2D eigenvalue weighted by atomic mass is 16.2. The molecule has 0 unspecified atom stereocenters. The third-order valence-electron chi connectivity index (χ3n) is 3.78. The Bertz CT molecular complexity index is 951. The molecule has 0 saturated heterocycles. The van der Waals surface area contributed by atoms with Crippen LogP contribution in [0.4, 0.5) is 22.9 Å². The number of aryl methyl sites for hydroxylation is 1. The summed E-state index contributed by atoms with van der Waals surface area (Å²) in [7, 11) is 0. The van der Waals surface area contributed by atoms with Gasteiger partial charge < -0.3 is 16.0 Å². The van der Waals surface area contributed by atoms with Crippen LogP contribution in [0.2, 0.25) is 0 Å². The van der Waals surface area contributed by atoms with Crippen LogP contribution in [0.25, 0.3) is 0 Å². The van der Waals surface area contributed by atoms with Crippen molar-refractivity contribution in [3.8, 4) is 0 Å². The highest BCUT2D eigenvalue weighted by Gasteiger charge is 2.06. The maximum absolute atomic E-state index is 12.3. The molecule has 3 rings (SSSR count). The molecule has 2 aromatic carbocycles. The SMILES string of the molecule is CC(=O)Nc1ccc(Nc2ccc(NC(=O)c3cccc(C)c3)cn2)cc1. The standard InChI is InChI=1S/C21H20N4O2/c1-14-4-3-5-16(12-14)21(27)25-19-10-11-20(22-13-19)24-18-8-6-17(7-9-18)23-15(2)26/h3-13H,1-2H3,(H,22,24)(H,23,26)(H,25,27). The van der Waals surface area contributed by atoms with Crippen molar-refractivity contribution in [3.63, 3.8) is 0 Å². The van der Waals surface area contributed by atoms with Crippen LogP contribution in [0.1, 0.15) is 22.8 Å². The topological polar surface area (TPSA) is 83.1 Å². The van der Waals surface area contributed by atoms with Gasteiger partial charge in [-0.1, -0.05) is 17.7 Å². The minimum absolute atomic E-state index is 0.110. The molecule has 6 heteroatoms. The average molecular weight is 360 g/mol. The van der Waals surface area contributed by atoms with Crippen LogP contribution in [0.5, 0.6) is 0 Å². The summed E-state index contributed by atoms with van der Waals surface area (Å²) in [6, 6.07) is 18.3. The Kier molecular flexibility index (Phi) is 5.47. The van der Waals surface area contributed by atoms with E-state index in [0.717, 1.165) is 16.9 Å². The molecule has 0 aliphatic heterocycles. The molecular formula is C21H20N4O2. The molecule has 1 heterocycles. The van der Waals surface area contributed by atoms with Crippen molar-refractivity contribution in [2.75, 3.05) is 16.0 Å². The van der Waals surface area contributed by atoms with Crippen LogP contribution in [-0.4, -0.2) is 16.8 Å². The lowest BCUT2D eigenvalue weighted by atomic mass is 10.1. The van der Waals surface area contributed by atoms with Crippen molar-refractivity contribution in [3.05, 3.63) is 78.0 Å². The maximum Gasteiger partial charge on any atom is 0.255 e. The lowest BCUT2D eigenvalue weighted by Gasteiger charge is -2.09. The first-order valence-electron chi connectivity index (χ1n) is 8.48. The zero-order valence-corrected chi connectivity index (χ0v) is 15.1. The van der Waals surface area contributed by atoms with Crippen molar-refractivity contribution in [1.29, 1.82) is 0 Å². The molecule has 0 bridgehead atoms. The van der Waals surface area contributed by atoms with Gasteiger partial charge in [-0.05, 0) is 55.5 Å². The molecule has 0 saturated carbocycles. The summed E-state index contributed by atoms with van der Waals surface area (Å²) in [5.74, 6) is 0.367. The predicted octanol–water partition coefficient (Wildman–Crippen LogP) is 4.34. The van der Waals surface area contributed by atoms with Crippen LogP contribution in [0.3, 0.4) is 0 Å². The Balaban J connectivity index is 1.61. The van der Waals surface area contributed by atoms with Gasteiger partial charge in [0.1, 0.15) is 5.82 Å². The van der Waals surface area contributed by atoms with Crippen LogP contribution < -0.4 is 16.0 Å². The van der Waals surface area contributed by atoms with Gasteiger partial charge in [0.05, 0.1) is 11.9 Å². The van der Waals surface area contributed by atoms with E-state index in [1.54, 1.807) is 36.5 Å². The fourth-order valence-electron chi connectivity index (χ4n) is 2.52. The molecule has 0 aliphatic rings. The van der Waals surface area contributed by atoms with E-state index in [2.05, 4.69) is 20.9 Å². The van der Waals surface area contributed by atoms with E-state index >= 15 is 0 Å². The minimum atomic E-state index is -0.172. The van der Waals surface area contributed by atoms with E-state index in [1.165, 1.54) is 6.92 Å². The van der Waals surface area contributed by atoms with E-state index in [4.69, 9.17) is 0 Å². The second-order valence-electron chi connectivity index (χ2n) is 6.14. The van der Waals surface area contributed by atoms with Crippen LogP contribution >= 0.6 is 0 Å². The molecule has 3 N–H and O–H groups in total. The van der Waals surface area contributed by atoms with Gasteiger partial charge in [-0.2, -0.15) is 0 Å². The highest BCUT2D eigenvalue weighted by Crippen LogP contribution is 2.19. The normalized spacial score (nSPS) is 10.1. The molecule has 0 spiro atoms. The summed E-state index contributed by atoms with van der Waals surface area (Å²) in [5.41, 5.74) is 3.83. The monoisotopic (exact) mass is 360 g/mol. The summed E-state index contributed by atoms with van der Waals surface area (Å²) in [6.45, 7) is 3.41. The largest absolute Gasteiger partial charge is 0.340 e. The Labute approximate surface area is 157 Å². The van der Waals surface area contributed by atoms with Gasteiger partial charge >= 0.3 is 0 Å². The van der Waals surface area contributed by atoms with Crippen LogP contribution in [-0.2, 0) is 4.79 Å². The zero-order chi connectivity index (χ0) is 19.2. The molecule has 6 nitrogen and oxygen atoms in total. The first-order chi connectivity index (χ1) is 13.0. The number of benzene rings is 2. The van der Waals surface area contributed by atoms with E-state index in [0.29, 0.717) is 17.1 Å². The Morgan fingerprint density at radius 3 is 2.19 bits per heavy atom. The highest BCUT2D eigenvalue weighted by molar-refractivity contribution is 6.04. The number of hydrogen-bond acceptors (Lipinski definition) is 4. The van der Waals surface area contributed by atoms with Crippen molar-refractivity contribution >= 4 is 34.7 Å². The van der Waals surface area contributed by atoms with E-state index < -0.39 is 0 Å². The molecule has 136 valence electrons. The minimum Gasteiger partial charge on any atom is -0.340 e. The smallest absolute Gasteiger partial charge is 0.255 e. The van der Waals surface area contributed by atoms with Crippen molar-refractivity contribution in [1.82, 2.24) is 4.98 Å². The number of carbonyl (C=O) groups excluding carboxylic acids is 2. The number of aromatic nitrogens is 1. The Hall–Kier alpha value is -3.67. The summed E-state index contributed by atoms with van der Waals surface area (Å²) < 4.78 is 0. The molecule has 27 heavy (non-hydrogen) atoms. The van der Waals surface area contributed by atoms with Crippen LogP contribution in [0.15, 0.2) is 66.9 Å². The lowest BCUT2D eigenvalue weighted by molar-refractivity contribution is -0.114. The molecular weight excluding hydrogens is 340 g/mol. The van der Waals surface area contributed by atoms with Gasteiger partial charge in [-0.3, -0.25) is 9.59 Å². The van der Waals surface area contributed by atoms with E-state index in [9.17, 15) is 9.59 Å². The molecule has 2 amide bonds. The number of amides is 2. The first kappa shape index (κ1) is 18.1. The third kappa shape index (κ3) is 5.15. The summed E-state index contributed by atoms with van der Waals surface area (Å²) in [6.07, 6.45) is 1.60. The number of pyridine rings is 1. The quantitative estimate of drug-likeness (QED) is 0.632. The van der Waals surface area contributed by atoms with Crippen molar-refractivity contribution in [2.24, 2.45) is 0 Å². The molecule has 1 aromatic heterocycles. The van der Waals surface area contributed by atoms with E-state index in [1.807, 2.05) is 37.3 Å². The molecule has 0 radical (unpaired) electrons. The molecule has 3 aromatic rings. The van der Waals surface area contributed by atoms with Gasteiger partial charge in [0.25, 0.3) is 5.91 Å². The van der Waals surface area contributed by atoms with E-state index in [-0.39, 0.29) is 11.8 Å². The van der Waals surface area contributed by atoms with Gasteiger partial charge in [0.2, 0.25) is 5.91 Å². The molecule has 0 atom stereocenters. The molecule has 0 aliphatic carbocycles. The molecule has 0 fully saturated rings. The van der Waals surface area contributed by atoms with Gasteiger partial charge in [0.15, 0.2) is 0 Å². The second kappa shape index (κ2) is 8.14. The maximum atomic E-state index is 12.3. The number of hydrogen-bond donors (Lipinski definition) is 3.